The van der Waals surface area contributed by atoms with Crippen molar-refractivity contribution >= 4 is 26.8 Å². The summed E-state index contributed by atoms with van der Waals surface area (Å²) in [5.74, 6) is 0.339. The van der Waals surface area contributed by atoms with Gasteiger partial charge >= 0.3 is 0 Å². The Morgan fingerprint density at radius 2 is 1.75 bits per heavy atom. The van der Waals surface area contributed by atoms with Gasteiger partial charge in [-0.1, -0.05) is 25.3 Å². The molecule has 2 fully saturated rings. The summed E-state index contributed by atoms with van der Waals surface area (Å²) >= 11 is 0. The highest BCUT2D eigenvalue weighted by Crippen LogP contribution is 2.29. The minimum absolute atomic E-state index is 0.129. The molecule has 0 atom stereocenters. The molecule has 0 N–H and O–H groups in total. The first-order valence-corrected chi connectivity index (χ1v) is 11.6. The quantitative estimate of drug-likeness (QED) is 0.793. The van der Waals surface area contributed by atoms with E-state index in [1.165, 1.54) is 10.7 Å². The molecule has 4 rings (SSSR count). The molecule has 1 aliphatic heterocycles. The summed E-state index contributed by atoms with van der Waals surface area (Å²) in [6, 6.07) is 7.06. The average Bonchev–Trinajstić information content (AvgIpc) is 2.74. The van der Waals surface area contributed by atoms with E-state index in [1.807, 2.05) is 24.0 Å². The first-order valence-electron chi connectivity index (χ1n) is 10.1. The van der Waals surface area contributed by atoms with Crippen molar-refractivity contribution in [2.75, 3.05) is 26.2 Å². The fraction of sp³-hybridized carbons (Fsp3) is 0.524. The highest BCUT2D eigenvalue weighted by Gasteiger charge is 2.33. The zero-order chi connectivity index (χ0) is 19.7. The van der Waals surface area contributed by atoms with E-state index >= 15 is 0 Å². The van der Waals surface area contributed by atoms with Crippen LogP contribution in [-0.4, -0.2) is 54.7 Å². The number of fused-ring (bicyclic) bond motifs is 1. The van der Waals surface area contributed by atoms with E-state index < -0.39 is 10.0 Å². The van der Waals surface area contributed by atoms with Crippen molar-refractivity contribution in [2.24, 2.45) is 5.92 Å². The second-order valence-electron chi connectivity index (χ2n) is 7.84. The standard InChI is InChI=1S/C21H27N3O3S/c1-16-9-10-19(18-8-5-11-22-20(16)18)28(26,27)24-14-12-23(13-15-24)21(25)17-6-3-2-4-7-17/h5,8-11,17H,2-4,6-7,12-15H2,1H3. The number of aromatic nitrogens is 1. The van der Waals surface area contributed by atoms with E-state index in [-0.39, 0.29) is 11.8 Å². The zero-order valence-corrected chi connectivity index (χ0v) is 17.1. The minimum atomic E-state index is -3.62. The second-order valence-corrected chi connectivity index (χ2v) is 9.75. The predicted molar refractivity (Wildman–Crippen MR) is 108 cm³/mol. The van der Waals surface area contributed by atoms with Gasteiger partial charge in [-0.15, -0.1) is 0 Å². The van der Waals surface area contributed by atoms with Crippen LogP contribution in [0.25, 0.3) is 10.9 Å². The summed E-state index contributed by atoms with van der Waals surface area (Å²) in [6.45, 7) is 3.56. The van der Waals surface area contributed by atoms with Crippen molar-refractivity contribution in [1.82, 2.24) is 14.2 Å². The SMILES string of the molecule is Cc1ccc(S(=O)(=O)N2CCN(C(=O)C3CCCCC3)CC2)c2cccnc12. The molecule has 28 heavy (non-hydrogen) atoms. The molecule has 0 bridgehead atoms. The monoisotopic (exact) mass is 401 g/mol. The highest BCUT2D eigenvalue weighted by atomic mass is 32.2. The van der Waals surface area contributed by atoms with Gasteiger partial charge in [0.1, 0.15) is 0 Å². The topological polar surface area (TPSA) is 70.6 Å². The predicted octanol–water partition coefficient (Wildman–Crippen LogP) is 2.96. The van der Waals surface area contributed by atoms with Crippen LogP contribution in [0.15, 0.2) is 35.4 Å². The van der Waals surface area contributed by atoms with Gasteiger partial charge in [-0.2, -0.15) is 4.31 Å². The van der Waals surface area contributed by atoms with E-state index in [2.05, 4.69) is 4.98 Å². The summed E-state index contributed by atoms with van der Waals surface area (Å²) in [4.78, 5) is 19.2. The van der Waals surface area contributed by atoms with Gasteiger partial charge in [-0.05, 0) is 43.5 Å². The number of carbonyl (C=O) groups is 1. The Kier molecular flexibility index (Phi) is 5.38. The minimum Gasteiger partial charge on any atom is -0.340 e. The Bertz CT molecular complexity index is 976. The Labute approximate surface area is 166 Å². The number of pyridine rings is 1. The van der Waals surface area contributed by atoms with E-state index in [4.69, 9.17) is 0 Å². The largest absolute Gasteiger partial charge is 0.340 e. The molecule has 2 aliphatic rings. The first kappa shape index (κ1) is 19.3. The Morgan fingerprint density at radius 3 is 2.46 bits per heavy atom. The van der Waals surface area contributed by atoms with Crippen LogP contribution in [0.3, 0.4) is 0 Å². The maximum Gasteiger partial charge on any atom is 0.243 e. The number of rotatable bonds is 3. The highest BCUT2D eigenvalue weighted by molar-refractivity contribution is 7.89. The van der Waals surface area contributed by atoms with Gasteiger partial charge in [-0.3, -0.25) is 9.78 Å². The van der Waals surface area contributed by atoms with Crippen molar-refractivity contribution in [3.8, 4) is 0 Å². The summed E-state index contributed by atoms with van der Waals surface area (Å²) in [6.07, 6.45) is 7.09. The molecule has 150 valence electrons. The molecule has 7 heteroatoms. The molecule has 2 aromatic rings. The number of amides is 1. The molecule has 1 saturated heterocycles. The van der Waals surface area contributed by atoms with Crippen LogP contribution < -0.4 is 0 Å². The number of nitrogens with zero attached hydrogens (tertiary/aromatic N) is 3. The molecule has 1 aromatic heterocycles. The van der Waals surface area contributed by atoms with Gasteiger partial charge in [0, 0.05) is 43.7 Å². The van der Waals surface area contributed by atoms with Crippen LogP contribution in [0.4, 0.5) is 0 Å². The van der Waals surface area contributed by atoms with Crippen LogP contribution in [0.2, 0.25) is 0 Å². The summed E-state index contributed by atoms with van der Waals surface area (Å²) in [5.41, 5.74) is 1.67. The molecule has 1 amide bonds. The number of carbonyl (C=O) groups excluding carboxylic acids is 1. The Hall–Kier alpha value is -1.99. The van der Waals surface area contributed by atoms with Gasteiger partial charge in [0.2, 0.25) is 15.9 Å². The van der Waals surface area contributed by atoms with Crippen molar-refractivity contribution in [2.45, 2.75) is 43.9 Å². The van der Waals surface area contributed by atoms with Gasteiger partial charge in [-0.25, -0.2) is 8.42 Å². The number of sulfonamides is 1. The van der Waals surface area contributed by atoms with E-state index in [0.29, 0.717) is 36.5 Å². The molecular formula is C21H27N3O3S. The lowest BCUT2D eigenvalue weighted by atomic mass is 9.88. The third-order valence-electron chi connectivity index (χ3n) is 6.05. The van der Waals surface area contributed by atoms with Crippen molar-refractivity contribution < 1.29 is 13.2 Å². The molecular weight excluding hydrogens is 374 g/mol. The fourth-order valence-electron chi connectivity index (χ4n) is 4.41. The second kappa shape index (κ2) is 7.79. The molecule has 0 radical (unpaired) electrons. The first-order chi connectivity index (χ1) is 13.5. The normalized spacial score (nSPS) is 19.8. The van der Waals surface area contributed by atoms with Crippen LogP contribution in [-0.2, 0) is 14.8 Å². The van der Waals surface area contributed by atoms with Crippen molar-refractivity contribution in [3.05, 3.63) is 36.0 Å². The molecule has 1 aliphatic carbocycles. The maximum atomic E-state index is 13.3. The maximum absolute atomic E-state index is 13.3. The lowest BCUT2D eigenvalue weighted by Crippen LogP contribution is -2.52. The third-order valence-corrected chi connectivity index (χ3v) is 8.01. The number of hydrogen-bond acceptors (Lipinski definition) is 4. The van der Waals surface area contributed by atoms with Gasteiger partial charge < -0.3 is 4.90 Å². The van der Waals surface area contributed by atoms with Gasteiger partial charge in [0.15, 0.2) is 0 Å². The Morgan fingerprint density at radius 1 is 1.04 bits per heavy atom. The summed E-state index contributed by atoms with van der Waals surface area (Å²) in [5, 5.41) is 0.656. The molecule has 0 spiro atoms. The lowest BCUT2D eigenvalue weighted by molar-refractivity contribution is -0.137. The molecule has 2 heterocycles. The molecule has 1 saturated carbocycles. The zero-order valence-electron chi connectivity index (χ0n) is 16.3. The van der Waals surface area contributed by atoms with E-state index in [9.17, 15) is 13.2 Å². The fourth-order valence-corrected chi connectivity index (χ4v) is 6.01. The smallest absolute Gasteiger partial charge is 0.243 e. The van der Waals surface area contributed by atoms with Crippen LogP contribution in [0, 0.1) is 12.8 Å². The number of aryl methyl sites for hydroxylation is 1. The average molecular weight is 402 g/mol. The van der Waals surface area contributed by atoms with Crippen LogP contribution in [0.5, 0.6) is 0 Å². The van der Waals surface area contributed by atoms with Crippen LogP contribution in [0.1, 0.15) is 37.7 Å². The summed E-state index contributed by atoms with van der Waals surface area (Å²) in [7, 11) is -3.62. The van der Waals surface area contributed by atoms with Crippen molar-refractivity contribution in [1.29, 1.82) is 0 Å². The number of hydrogen-bond donors (Lipinski definition) is 0. The van der Waals surface area contributed by atoms with Gasteiger partial charge in [0.25, 0.3) is 0 Å². The van der Waals surface area contributed by atoms with E-state index in [0.717, 1.165) is 36.8 Å². The third kappa shape index (κ3) is 3.53. The molecule has 0 unspecified atom stereocenters. The number of piperazine rings is 1. The molecule has 6 nitrogen and oxygen atoms in total. The molecule has 1 aromatic carbocycles. The van der Waals surface area contributed by atoms with Gasteiger partial charge in [0.05, 0.1) is 10.4 Å². The van der Waals surface area contributed by atoms with E-state index in [1.54, 1.807) is 18.3 Å². The van der Waals surface area contributed by atoms with Crippen LogP contribution >= 0.6 is 0 Å². The lowest BCUT2D eigenvalue weighted by Gasteiger charge is -2.36. The van der Waals surface area contributed by atoms with Crippen molar-refractivity contribution in [3.63, 3.8) is 0 Å². The Balaban J connectivity index is 1.51. The number of benzene rings is 1. The summed E-state index contributed by atoms with van der Waals surface area (Å²) < 4.78 is 28.1.